The first-order chi connectivity index (χ1) is 13.0. The van der Waals surface area contributed by atoms with Crippen molar-refractivity contribution in [3.05, 3.63) is 59.3 Å². The standard InChI is InChI=1S/C22H28N4O/c1-17-4-2-5-18(12-17)14-25-10-3-7-22(15-25)8-11-26(16-22)21(27)19-6-9-24-20(23)13-19/h2,4-6,9,12-13H,3,7-8,10-11,14-16H2,1H3,(H2,23,24). The summed E-state index contributed by atoms with van der Waals surface area (Å²) in [6, 6.07) is 12.2. The van der Waals surface area contributed by atoms with Crippen LogP contribution >= 0.6 is 0 Å². The van der Waals surface area contributed by atoms with Crippen LogP contribution in [-0.2, 0) is 6.54 Å². The number of carbonyl (C=O) groups is 1. The highest BCUT2D eigenvalue weighted by Crippen LogP contribution is 2.39. The van der Waals surface area contributed by atoms with Gasteiger partial charge in [-0.3, -0.25) is 9.69 Å². The molecule has 2 aliphatic rings. The van der Waals surface area contributed by atoms with E-state index in [1.165, 1.54) is 24.0 Å². The number of amides is 1. The molecule has 142 valence electrons. The molecule has 1 spiro atoms. The summed E-state index contributed by atoms with van der Waals surface area (Å²) in [5.41, 5.74) is 9.32. The summed E-state index contributed by atoms with van der Waals surface area (Å²) in [7, 11) is 0. The molecule has 5 heteroatoms. The lowest BCUT2D eigenvalue weighted by molar-refractivity contribution is 0.0675. The van der Waals surface area contributed by atoms with Gasteiger partial charge in [0.1, 0.15) is 5.82 Å². The van der Waals surface area contributed by atoms with Gasteiger partial charge in [0, 0.05) is 43.4 Å². The van der Waals surface area contributed by atoms with E-state index in [4.69, 9.17) is 5.73 Å². The van der Waals surface area contributed by atoms with E-state index in [9.17, 15) is 4.79 Å². The number of piperidine rings is 1. The van der Waals surface area contributed by atoms with E-state index in [0.717, 1.165) is 39.1 Å². The fourth-order valence-electron chi connectivity index (χ4n) is 4.72. The van der Waals surface area contributed by atoms with E-state index in [1.807, 2.05) is 4.90 Å². The zero-order valence-corrected chi connectivity index (χ0v) is 16.0. The Morgan fingerprint density at radius 3 is 2.89 bits per heavy atom. The largest absolute Gasteiger partial charge is 0.384 e. The zero-order chi connectivity index (χ0) is 18.9. The van der Waals surface area contributed by atoms with Crippen molar-refractivity contribution in [3.63, 3.8) is 0 Å². The molecule has 5 nitrogen and oxygen atoms in total. The summed E-state index contributed by atoms with van der Waals surface area (Å²) < 4.78 is 0. The molecule has 1 atom stereocenters. The maximum absolute atomic E-state index is 12.9. The Morgan fingerprint density at radius 1 is 1.19 bits per heavy atom. The minimum atomic E-state index is 0.0804. The molecule has 1 aromatic heterocycles. The number of nitrogen functional groups attached to an aromatic ring is 1. The highest BCUT2D eigenvalue weighted by atomic mass is 16.2. The van der Waals surface area contributed by atoms with Gasteiger partial charge >= 0.3 is 0 Å². The van der Waals surface area contributed by atoms with Gasteiger partial charge in [-0.15, -0.1) is 0 Å². The van der Waals surface area contributed by atoms with E-state index in [-0.39, 0.29) is 11.3 Å². The van der Waals surface area contributed by atoms with Crippen molar-refractivity contribution in [3.8, 4) is 0 Å². The highest BCUT2D eigenvalue weighted by Gasteiger charge is 2.42. The van der Waals surface area contributed by atoms with Gasteiger partial charge < -0.3 is 10.6 Å². The molecule has 0 aliphatic carbocycles. The Morgan fingerprint density at radius 2 is 2.07 bits per heavy atom. The molecule has 2 N–H and O–H groups in total. The molecule has 27 heavy (non-hydrogen) atoms. The van der Waals surface area contributed by atoms with Crippen molar-refractivity contribution >= 4 is 11.7 Å². The molecule has 0 radical (unpaired) electrons. The van der Waals surface area contributed by atoms with Crippen LogP contribution in [0, 0.1) is 12.3 Å². The molecular weight excluding hydrogens is 336 g/mol. The van der Waals surface area contributed by atoms with Crippen LogP contribution in [0.15, 0.2) is 42.6 Å². The molecule has 3 heterocycles. The second kappa shape index (κ2) is 7.31. The van der Waals surface area contributed by atoms with Crippen LogP contribution in [0.25, 0.3) is 0 Å². The molecule has 0 bridgehead atoms. The van der Waals surface area contributed by atoms with Crippen molar-refractivity contribution in [2.24, 2.45) is 5.41 Å². The lowest BCUT2D eigenvalue weighted by Gasteiger charge is -2.40. The van der Waals surface area contributed by atoms with Gasteiger partial charge in [-0.05, 0) is 50.4 Å². The van der Waals surface area contributed by atoms with Crippen molar-refractivity contribution in [1.82, 2.24) is 14.8 Å². The number of hydrogen-bond acceptors (Lipinski definition) is 4. The third-order valence-corrected chi connectivity index (χ3v) is 5.98. The van der Waals surface area contributed by atoms with Crippen LogP contribution in [0.3, 0.4) is 0 Å². The third-order valence-electron chi connectivity index (χ3n) is 5.98. The fraction of sp³-hybridized carbons (Fsp3) is 0.455. The van der Waals surface area contributed by atoms with Gasteiger partial charge in [0.05, 0.1) is 0 Å². The van der Waals surface area contributed by atoms with E-state index in [2.05, 4.69) is 41.1 Å². The van der Waals surface area contributed by atoms with Crippen LogP contribution in [0.1, 0.15) is 40.7 Å². The monoisotopic (exact) mass is 364 g/mol. The molecule has 2 saturated heterocycles. The van der Waals surface area contributed by atoms with E-state index in [0.29, 0.717) is 11.4 Å². The molecular formula is C22H28N4O. The van der Waals surface area contributed by atoms with Crippen LogP contribution in [0.5, 0.6) is 0 Å². The summed E-state index contributed by atoms with van der Waals surface area (Å²) in [6.07, 6.45) is 5.11. The number of nitrogens with two attached hydrogens (primary N) is 1. The van der Waals surface area contributed by atoms with Gasteiger partial charge in [-0.2, -0.15) is 0 Å². The lowest BCUT2D eigenvalue weighted by Crippen LogP contribution is -2.45. The smallest absolute Gasteiger partial charge is 0.254 e. The van der Waals surface area contributed by atoms with Gasteiger partial charge in [-0.1, -0.05) is 29.8 Å². The average Bonchev–Trinajstić information content (AvgIpc) is 3.04. The van der Waals surface area contributed by atoms with Crippen molar-refractivity contribution in [2.75, 3.05) is 31.9 Å². The number of benzene rings is 1. The Balaban J connectivity index is 1.42. The van der Waals surface area contributed by atoms with Gasteiger partial charge in [-0.25, -0.2) is 4.98 Å². The third kappa shape index (κ3) is 3.98. The number of carbonyl (C=O) groups excluding carboxylic acids is 1. The maximum atomic E-state index is 12.9. The number of aromatic nitrogens is 1. The van der Waals surface area contributed by atoms with Crippen LogP contribution < -0.4 is 5.73 Å². The number of rotatable bonds is 3. The summed E-state index contributed by atoms with van der Waals surface area (Å²) >= 11 is 0. The van der Waals surface area contributed by atoms with Crippen LogP contribution in [-0.4, -0.2) is 46.9 Å². The molecule has 1 amide bonds. The number of aryl methyl sites for hydroxylation is 1. The first-order valence-electron chi connectivity index (χ1n) is 9.82. The van der Waals surface area contributed by atoms with Gasteiger partial charge in [0.15, 0.2) is 0 Å². The Labute approximate surface area is 161 Å². The molecule has 4 rings (SSSR count). The normalized spacial score (nSPS) is 23.1. The highest BCUT2D eigenvalue weighted by molar-refractivity contribution is 5.95. The fourth-order valence-corrected chi connectivity index (χ4v) is 4.72. The molecule has 1 aromatic carbocycles. The average molecular weight is 364 g/mol. The van der Waals surface area contributed by atoms with E-state index < -0.39 is 0 Å². The lowest BCUT2D eigenvalue weighted by atomic mass is 9.79. The van der Waals surface area contributed by atoms with Crippen molar-refractivity contribution < 1.29 is 4.79 Å². The Kier molecular flexibility index (Phi) is 4.87. The van der Waals surface area contributed by atoms with Gasteiger partial charge in [0.25, 0.3) is 5.91 Å². The minimum absolute atomic E-state index is 0.0804. The summed E-state index contributed by atoms with van der Waals surface area (Å²) in [5, 5.41) is 0. The number of hydrogen-bond donors (Lipinski definition) is 1. The van der Waals surface area contributed by atoms with Crippen molar-refractivity contribution in [1.29, 1.82) is 0 Å². The quantitative estimate of drug-likeness (QED) is 0.909. The zero-order valence-electron chi connectivity index (χ0n) is 16.0. The molecule has 1 unspecified atom stereocenters. The SMILES string of the molecule is Cc1cccc(CN2CCCC3(CCN(C(=O)c4ccnc(N)c4)C3)C2)c1. The molecule has 0 saturated carbocycles. The molecule has 2 aromatic rings. The summed E-state index contributed by atoms with van der Waals surface area (Å²) in [4.78, 5) is 21.4. The minimum Gasteiger partial charge on any atom is -0.384 e. The number of pyridine rings is 1. The number of likely N-dealkylation sites (tertiary alicyclic amines) is 2. The maximum Gasteiger partial charge on any atom is 0.254 e. The van der Waals surface area contributed by atoms with E-state index >= 15 is 0 Å². The van der Waals surface area contributed by atoms with E-state index in [1.54, 1.807) is 18.3 Å². The molecule has 2 aliphatic heterocycles. The predicted molar refractivity (Wildman–Crippen MR) is 107 cm³/mol. The van der Waals surface area contributed by atoms with Crippen molar-refractivity contribution in [2.45, 2.75) is 32.7 Å². The first kappa shape index (κ1) is 18.0. The molecule has 2 fully saturated rings. The van der Waals surface area contributed by atoms with Crippen LogP contribution in [0.4, 0.5) is 5.82 Å². The summed E-state index contributed by atoms with van der Waals surface area (Å²) in [5.74, 6) is 0.480. The predicted octanol–water partition coefficient (Wildman–Crippen LogP) is 3.10. The first-order valence-corrected chi connectivity index (χ1v) is 9.82. The Bertz CT molecular complexity index is 837. The topological polar surface area (TPSA) is 62.5 Å². The van der Waals surface area contributed by atoms with Crippen LogP contribution in [0.2, 0.25) is 0 Å². The van der Waals surface area contributed by atoms with Gasteiger partial charge in [0.2, 0.25) is 0 Å². The number of anilines is 1. The second-order valence-electron chi connectivity index (χ2n) is 8.25. The second-order valence-corrected chi connectivity index (χ2v) is 8.25. The Hall–Kier alpha value is -2.40. The number of nitrogens with zero attached hydrogens (tertiary/aromatic N) is 3. The summed E-state index contributed by atoms with van der Waals surface area (Å²) in [6.45, 7) is 7.04.